The fraction of sp³-hybridized carbons (Fsp3) is 0.588. The van der Waals surface area contributed by atoms with Gasteiger partial charge in [0.15, 0.2) is 5.78 Å². The van der Waals surface area contributed by atoms with Crippen LogP contribution >= 0.6 is 23.5 Å². The Morgan fingerprint density at radius 3 is 2.35 bits per heavy atom. The number of benzene rings is 1. The molecule has 0 aromatic heterocycles. The third-order valence-corrected chi connectivity index (χ3v) is 7.26. The molecule has 0 bridgehead atoms. The summed E-state index contributed by atoms with van der Waals surface area (Å²) >= 11 is 3.85. The molecular weight excluding hydrogens is 284 g/mol. The van der Waals surface area contributed by atoms with Crippen molar-refractivity contribution in [3.05, 3.63) is 34.4 Å². The van der Waals surface area contributed by atoms with Gasteiger partial charge in [0.2, 0.25) is 0 Å². The normalized spacial score (nSPS) is 22.8. The fourth-order valence-electron chi connectivity index (χ4n) is 2.97. The van der Waals surface area contributed by atoms with Gasteiger partial charge in [-0.15, -0.1) is 11.8 Å². The quantitative estimate of drug-likeness (QED) is 0.823. The highest BCUT2D eigenvalue weighted by Gasteiger charge is 2.31. The average molecular weight is 309 g/mol. The molecule has 2 rings (SSSR count). The number of carbonyl (C=O) groups is 1. The maximum Gasteiger partial charge on any atom is 0.151 e. The van der Waals surface area contributed by atoms with E-state index in [1.165, 1.54) is 28.0 Å². The van der Waals surface area contributed by atoms with E-state index in [0.717, 1.165) is 12.2 Å². The Labute approximate surface area is 131 Å². The molecule has 0 spiro atoms. The van der Waals surface area contributed by atoms with E-state index in [1.54, 1.807) is 0 Å². The van der Waals surface area contributed by atoms with Crippen molar-refractivity contribution in [2.75, 3.05) is 11.5 Å². The lowest BCUT2D eigenvalue weighted by Gasteiger charge is -2.29. The molecule has 1 saturated heterocycles. The van der Waals surface area contributed by atoms with E-state index in [9.17, 15) is 4.79 Å². The number of hydrogen-bond donors (Lipinski definition) is 0. The van der Waals surface area contributed by atoms with Crippen molar-refractivity contribution in [2.24, 2.45) is 0 Å². The van der Waals surface area contributed by atoms with Crippen LogP contribution in [0.4, 0.5) is 0 Å². The number of rotatable bonds is 4. The van der Waals surface area contributed by atoms with Crippen molar-refractivity contribution >= 4 is 29.3 Å². The van der Waals surface area contributed by atoms with Crippen LogP contribution in [0.1, 0.15) is 35.6 Å². The van der Waals surface area contributed by atoms with E-state index in [-0.39, 0.29) is 5.25 Å². The molecule has 1 aromatic rings. The first-order chi connectivity index (χ1) is 9.52. The van der Waals surface area contributed by atoms with Crippen LogP contribution in [0.25, 0.3) is 0 Å². The molecule has 0 amide bonds. The van der Waals surface area contributed by atoms with Crippen molar-refractivity contribution in [3.8, 4) is 0 Å². The molecule has 1 nitrogen and oxygen atoms in total. The van der Waals surface area contributed by atoms with Gasteiger partial charge in [0.25, 0.3) is 0 Å². The highest BCUT2D eigenvalue weighted by Crippen LogP contribution is 2.34. The smallest absolute Gasteiger partial charge is 0.151 e. The number of aryl methyl sites for hydroxylation is 3. The molecule has 2 atom stereocenters. The summed E-state index contributed by atoms with van der Waals surface area (Å²) in [4.78, 5) is 12.7. The minimum absolute atomic E-state index is 0.193. The Hall–Kier alpha value is -0.410. The third kappa shape index (κ3) is 3.62. The lowest BCUT2D eigenvalue weighted by molar-refractivity contribution is -0.118. The van der Waals surface area contributed by atoms with E-state index < -0.39 is 0 Å². The second kappa shape index (κ2) is 7.04. The number of carbonyl (C=O) groups excluding carboxylic acids is 1. The van der Waals surface area contributed by atoms with Crippen molar-refractivity contribution in [1.29, 1.82) is 0 Å². The summed E-state index contributed by atoms with van der Waals surface area (Å²) < 4.78 is 0. The lowest BCUT2D eigenvalue weighted by atomic mass is 9.94. The summed E-state index contributed by atoms with van der Waals surface area (Å²) in [6.45, 7) is 8.57. The second-order valence-corrected chi connectivity index (χ2v) is 8.23. The molecule has 1 fully saturated rings. The molecule has 3 heteroatoms. The lowest BCUT2D eigenvalue weighted by Crippen LogP contribution is -2.34. The number of thioether (sulfide) groups is 2. The summed E-state index contributed by atoms with van der Waals surface area (Å²) in [7, 11) is 0. The number of hydrogen-bond acceptors (Lipinski definition) is 3. The van der Waals surface area contributed by atoms with Crippen LogP contribution < -0.4 is 0 Å². The Bertz CT molecular complexity index is 473. The summed E-state index contributed by atoms with van der Waals surface area (Å²) in [6.07, 6.45) is 1.70. The summed E-state index contributed by atoms with van der Waals surface area (Å²) in [6, 6.07) is 4.38. The van der Waals surface area contributed by atoms with Crippen molar-refractivity contribution in [2.45, 2.75) is 51.0 Å². The van der Waals surface area contributed by atoms with Gasteiger partial charge < -0.3 is 0 Å². The SMILES string of the molecule is CCC1SCCSC1C(=O)Cc1c(C)cc(C)cc1C. The van der Waals surface area contributed by atoms with Crippen molar-refractivity contribution < 1.29 is 4.79 Å². The van der Waals surface area contributed by atoms with Gasteiger partial charge in [-0.3, -0.25) is 4.79 Å². The van der Waals surface area contributed by atoms with Gasteiger partial charge in [0.05, 0.1) is 5.25 Å². The van der Waals surface area contributed by atoms with Crippen LogP contribution in [-0.4, -0.2) is 27.8 Å². The van der Waals surface area contributed by atoms with Gasteiger partial charge in [-0.05, 0) is 43.9 Å². The average Bonchev–Trinajstić information content (AvgIpc) is 2.42. The molecule has 0 N–H and O–H groups in total. The molecule has 1 aliphatic rings. The molecule has 110 valence electrons. The minimum atomic E-state index is 0.193. The van der Waals surface area contributed by atoms with E-state index >= 15 is 0 Å². The maximum absolute atomic E-state index is 12.7. The molecule has 0 radical (unpaired) electrons. The molecule has 0 saturated carbocycles. The Morgan fingerprint density at radius 1 is 1.15 bits per heavy atom. The van der Waals surface area contributed by atoms with Crippen LogP contribution in [0, 0.1) is 20.8 Å². The van der Waals surface area contributed by atoms with Crippen LogP contribution in [0.5, 0.6) is 0 Å². The predicted molar refractivity (Wildman–Crippen MR) is 92.1 cm³/mol. The fourth-order valence-corrected chi connectivity index (χ4v) is 6.00. The first-order valence-electron chi connectivity index (χ1n) is 7.35. The van der Waals surface area contributed by atoms with E-state index in [4.69, 9.17) is 0 Å². The summed E-state index contributed by atoms with van der Waals surface area (Å²) in [5.41, 5.74) is 5.05. The van der Waals surface area contributed by atoms with Crippen LogP contribution in [0.15, 0.2) is 12.1 Å². The van der Waals surface area contributed by atoms with E-state index in [2.05, 4.69) is 39.8 Å². The molecule has 20 heavy (non-hydrogen) atoms. The summed E-state index contributed by atoms with van der Waals surface area (Å²) in [5.74, 6) is 2.73. The Kier molecular flexibility index (Phi) is 5.62. The van der Waals surface area contributed by atoms with Crippen LogP contribution in [-0.2, 0) is 11.2 Å². The van der Waals surface area contributed by atoms with E-state index in [0.29, 0.717) is 17.5 Å². The molecule has 1 aliphatic heterocycles. The highest BCUT2D eigenvalue weighted by molar-refractivity contribution is 8.07. The van der Waals surface area contributed by atoms with E-state index in [1.807, 2.05) is 23.5 Å². The molecule has 1 heterocycles. The minimum Gasteiger partial charge on any atom is -0.298 e. The number of ketones is 1. The van der Waals surface area contributed by atoms with Crippen LogP contribution in [0.2, 0.25) is 0 Å². The first-order valence-corrected chi connectivity index (χ1v) is 9.45. The van der Waals surface area contributed by atoms with Gasteiger partial charge in [-0.25, -0.2) is 0 Å². The molecule has 0 aliphatic carbocycles. The van der Waals surface area contributed by atoms with Crippen molar-refractivity contribution in [1.82, 2.24) is 0 Å². The van der Waals surface area contributed by atoms with Crippen molar-refractivity contribution in [3.63, 3.8) is 0 Å². The zero-order valence-corrected chi connectivity index (χ0v) is 14.5. The summed E-state index contributed by atoms with van der Waals surface area (Å²) in [5, 5.41) is 0.700. The Morgan fingerprint density at radius 2 is 1.75 bits per heavy atom. The topological polar surface area (TPSA) is 17.1 Å². The van der Waals surface area contributed by atoms with Crippen LogP contribution in [0.3, 0.4) is 0 Å². The van der Waals surface area contributed by atoms with Gasteiger partial charge in [0.1, 0.15) is 0 Å². The van der Waals surface area contributed by atoms with Gasteiger partial charge in [-0.2, -0.15) is 11.8 Å². The highest BCUT2D eigenvalue weighted by atomic mass is 32.2. The molecular formula is C17H24OS2. The molecule has 1 aromatic carbocycles. The zero-order valence-electron chi connectivity index (χ0n) is 12.9. The largest absolute Gasteiger partial charge is 0.298 e. The zero-order chi connectivity index (χ0) is 14.7. The monoisotopic (exact) mass is 308 g/mol. The number of Topliss-reactive ketones (excluding diaryl/α,β-unsaturated/α-hetero) is 1. The Balaban J connectivity index is 2.15. The van der Waals surface area contributed by atoms with Gasteiger partial charge in [0, 0.05) is 23.2 Å². The van der Waals surface area contributed by atoms with Gasteiger partial charge >= 0.3 is 0 Å². The first kappa shape index (κ1) is 16.0. The van der Waals surface area contributed by atoms with Gasteiger partial charge in [-0.1, -0.05) is 24.6 Å². The second-order valence-electron chi connectivity index (χ2n) is 5.63. The predicted octanol–water partition coefficient (Wildman–Crippen LogP) is 4.35. The standard InChI is InChI=1S/C17H24OS2/c1-5-16-17(20-7-6-19-16)15(18)10-14-12(3)8-11(2)9-13(14)4/h8-9,16-17H,5-7,10H2,1-4H3. The maximum atomic E-state index is 12.7. The third-order valence-electron chi connectivity index (χ3n) is 3.96. The molecule has 2 unspecified atom stereocenters.